The Kier molecular flexibility index (Phi) is 57.9. The number of carbonyl (C=O) groups is 16. The van der Waals surface area contributed by atoms with E-state index in [0.29, 0.717) is 96.6 Å². The summed E-state index contributed by atoms with van der Waals surface area (Å²) in [6, 6.07) is -17.9. The van der Waals surface area contributed by atoms with Crippen molar-refractivity contribution in [1.82, 2.24) is 79.3 Å². The van der Waals surface area contributed by atoms with Gasteiger partial charge in [0.25, 0.3) is 0 Å². The minimum absolute atomic E-state index is 0.0367. The molecule has 1 fully saturated rings. The van der Waals surface area contributed by atoms with Gasteiger partial charge in [-0.05, 0) is 261 Å². The second-order valence-electron chi connectivity index (χ2n) is 36.9. The SMILES string of the molecule is CC(=O)N[C@@H](C)C(=O)N[C@@H](CCCCN)C(=O)N[C@@H](CC(C)C)C(=O)N[C@@H](CC(C)C)C(=O)N[C@@H](CCCCN)C(=O)N[C@@H](CC(C)C)C(=O)N[C@@H](CC(C)C)C(=O)N[C@@H](CCCCN)C(=O)N[C@@H](CCCCN)C(=O)N1CCC[C@H]1C(=O)N[C@@H](CC(C)C)C(=O)N[C@@H](CCCCN)C(=O)N[C@@H](CC(C)C)C(=O)N[C@@H](CC(C)C)C(=O)N[C@@H](CCCCN)C(N)=O. The van der Waals surface area contributed by atoms with Crippen molar-refractivity contribution in [3.8, 4) is 0 Å². The second kappa shape index (κ2) is 63.3. The number of nitrogens with one attached hydrogen (secondary N) is 14. The zero-order chi connectivity index (χ0) is 95.5. The van der Waals surface area contributed by atoms with Crippen LogP contribution < -0.4 is 115 Å². The van der Waals surface area contributed by atoms with Gasteiger partial charge in [-0.3, -0.25) is 76.7 Å². The van der Waals surface area contributed by atoms with Crippen LogP contribution >= 0.6 is 0 Å². The number of unbranched alkanes of at least 4 members (excludes halogenated alkanes) is 6. The lowest BCUT2D eigenvalue weighted by Crippen LogP contribution is -2.61. The van der Waals surface area contributed by atoms with Crippen molar-refractivity contribution >= 4 is 94.5 Å². The van der Waals surface area contributed by atoms with Crippen LogP contribution in [-0.4, -0.2) is 236 Å². The van der Waals surface area contributed by atoms with Crippen LogP contribution in [0.3, 0.4) is 0 Å². The minimum atomic E-state index is -1.31. The van der Waals surface area contributed by atoms with Crippen molar-refractivity contribution in [2.75, 3.05) is 45.8 Å². The van der Waals surface area contributed by atoms with Crippen molar-refractivity contribution in [3.05, 3.63) is 0 Å². The number of likely N-dealkylation sites (tertiary alicyclic amines) is 1. The third-order valence-corrected chi connectivity index (χ3v) is 21.5. The van der Waals surface area contributed by atoms with Crippen LogP contribution in [0.15, 0.2) is 0 Å². The Morgan fingerprint density at radius 3 is 0.690 bits per heavy atom. The lowest BCUT2D eigenvalue weighted by molar-refractivity contribution is -0.143. The van der Waals surface area contributed by atoms with E-state index in [2.05, 4.69) is 74.4 Å². The maximum atomic E-state index is 15.2. The summed E-state index contributed by atoms with van der Waals surface area (Å²) in [5, 5.41) is 39.1. The zero-order valence-electron chi connectivity index (χ0n) is 78.8. The number of primary amides is 1. The van der Waals surface area contributed by atoms with Gasteiger partial charge in [0.2, 0.25) is 94.5 Å². The number of amides is 16. The highest BCUT2D eigenvalue weighted by Gasteiger charge is 2.43. The molecule has 28 N–H and O–H groups in total. The van der Waals surface area contributed by atoms with Crippen molar-refractivity contribution in [3.63, 3.8) is 0 Å². The predicted octanol–water partition coefficient (Wildman–Crippen LogP) is 0.386. The monoisotopic (exact) mass is 1790 g/mol. The molecule has 16 amide bonds. The fraction of sp³-hybridized carbons (Fsp3) is 0.818. The third kappa shape index (κ3) is 46.8. The Morgan fingerprint density at radius 1 is 0.262 bits per heavy atom. The number of rotatable bonds is 67. The first-order chi connectivity index (χ1) is 59.4. The fourth-order valence-corrected chi connectivity index (χ4v) is 14.9. The molecule has 126 heavy (non-hydrogen) atoms. The molecule has 1 saturated heterocycles. The van der Waals surface area contributed by atoms with Crippen molar-refractivity contribution in [2.24, 2.45) is 81.6 Å². The van der Waals surface area contributed by atoms with E-state index >= 15 is 4.79 Å². The molecule has 0 radical (unpaired) electrons. The summed E-state index contributed by atoms with van der Waals surface area (Å²) >= 11 is 0. The van der Waals surface area contributed by atoms with Gasteiger partial charge in [0.1, 0.15) is 90.6 Å². The van der Waals surface area contributed by atoms with Gasteiger partial charge < -0.3 is 119 Å². The van der Waals surface area contributed by atoms with Crippen LogP contribution in [0.4, 0.5) is 0 Å². The molecule has 38 heteroatoms. The molecule has 0 aromatic rings. The lowest BCUT2D eigenvalue weighted by Gasteiger charge is -2.32. The normalized spacial score (nSPS) is 16.1. The highest BCUT2D eigenvalue weighted by atomic mass is 16.2. The molecule has 1 heterocycles. The Bertz CT molecular complexity index is 3370. The highest BCUT2D eigenvalue weighted by Crippen LogP contribution is 2.23. The average molecular weight is 1790 g/mol. The van der Waals surface area contributed by atoms with E-state index in [1.807, 2.05) is 96.9 Å². The molecule has 0 aromatic heterocycles. The van der Waals surface area contributed by atoms with Gasteiger partial charge in [-0.1, -0.05) is 96.9 Å². The van der Waals surface area contributed by atoms with Crippen molar-refractivity contribution in [2.45, 2.75) is 375 Å². The Labute approximate surface area is 749 Å². The number of hydrogen-bond acceptors (Lipinski definition) is 22. The summed E-state index contributed by atoms with van der Waals surface area (Å²) in [5.41, 5.74) is 40.8. The van der Waals surface area contributed by atoms with Gasteiger partial charge in [-0.25, -0.2) is 0 Å². The van der Waals surface area contributed by atoms with E-state index < -0.39 is 185 Å². The Hall–Kier alpha value is -8.72. The standard InChI is InChI=1S/C88H166N22O16/c1-51(2)44-66(80(118)97-60(74(95)112)30-17-23-37-89)106-84(122)70(48-55(9)10)104-79(117)64(34-21-27-41-93)101-83(121)72(50-57(13)14)109-87(125)73-36-29-43-110(73)88(126)65(35-22-28-42-94)102-76(114)62(32-19-25-39-91)99-81(119)67(45-52(3)4)107-86(124)71(49-56(11)12)105-78(116)63(33-20-26-40-92)100-82(120)68(46-53(5)6)108-85(123)69(47-54(7)8)103-77(115)61(31-18-24-38-90)98-75(113)58(15)96-59(16)111/h51-58,60-73H,17-50,89-94H2,1-16H3,(H2,95,112)(H,96,111)(H,97,118)(H,98,113)(H,99,119)(H,100,120)(H,101,121)(H,102,114)(H,103,115)(H,104,117)(H,105,116)(H,106,122)(H,107,124)(H,108,123)(H,109,125)/t58-,60-,61-,62-,63-,64-,65-,66-,67-,68-,69-,70-,71-,72-,73-/m0/s1. The van der Waals surface area contributed by atoms with E-state index in [9.17, 15) is 71.9 Å². The molecule has 0 unspecified atom stereocenters. The molecule has 1 rings (SSSR count). The van der Waals surface area contributed by atoms with Crippen LogP contribution in [-0.2, 0) is 76.7 Å². The van der Waals surface area contributed by atoms with Gasteiger partial charge >= 0.3 is 0 Å². The van der Waals surface area contributed by atoms with E-state index in [1.165, 1.54) is 18.7 Å². The number of carbonyl (C=O) groups excluding carboxylic acids is 16. The summed E-state index contributed by atoms with van der Waals surface area (Å²) < 4.78 is 0. The molecule has 15 atom stereocenters. The van der Waals surface area contributed by atoms with Gasteiger partial charge in [-0.2, -0.15) is 0 Å². The largest absolute Gasteiger partial charge is 0.368 e. The molecule has 0 spiro atoms. The molecule has 1 aliphatic rings. The van der Waals surface area contributed by atoms with Crippen molar-refractivity contribution < 1.29 is 76.7 Å². The van der Waals surface area contributed by atoms with Crippen LogP contribution in [0, 0.1) is 41.4 Å². The molecule has 38 nitrogen and oxygen atoms in total. The molecular weight excluding hydrogens is 1620 g/mol. The molecule has 724 valence electrons. The fourth-order valence-electron chi connectivity index (χ4n) is 14.9. The first-order valence-electron chi connectivity index (χ1n) is 46.4. The Morgan fingerprint density at radius 2 is 0.460 bits per heavy atom. The molecule has 0 bridgehead atoms. The summed E-state index contributed by atoms with van der Waals surface area (Å²) in [6.45, 7) is 30.3. The summed E-state index contributed by atoms with van der Waals surface area (Å²) in [6.07, 6.45) is 7.23. The van der Waals surface area contributed by atoms with E-state index in [-0.39, 0.29) is 164 Å². The van der Waals surface area contributed by atoms with Crippen LogP contribution in [0.5, 0.6) is 0 Å². The summed E-state index contributed by atoms with van der Waals surface area (Å²) in [5.74, 6) is -12.2. The maximum absolute atomic E-state index is 15.2. The second-order valence-corrected chi connectivity index (χ2v) is 36.9. The first kappa shape index (κ1) is 115. The predicted molar refractivity (Wildman–Crippen MR) is 486 cm³/mol. The van der Waals surface area contributed by atoms with E-state index in [1.54, 1.807) is 0 Å². The number of nitrogens with two attached hydrogens (primary N) is 7. The number of nitrogens with zero attached hydrogens (tertiary/aromatic N) is 1. The molecular formula is C88H166N22O16. The van der Waals surface area contributed by atoms with E-state index in [0.717, 1.165) is 0 Å². The molecule has 1 aliphatic heterocycles. The van der Waals surface area contributed by atoms with E-state index in [4.69, 9.17) is 40.1 Å². The molecule has 0 aliphatic carbocycles. The van der Waals surface area contributed by atoms with Gasteiger partial charge in [0, 0.05) is 13.5 Å². The van der Waals surface area contributed by atoms with Gasteiger partial charge in [0.05, 0.1) is 0 Å². The summed E-state index contributed by atoms with van der Waals surface area (Å²) in [7, 11) is 0. The van der Waals surface area contributed by atoms with Gasteiger partial charge in [-0.15, -0.1) is 0 Å². The molecule has 0 aromatic carbocycles. The Balaban J connectivity index is 3.76. The van der Waals surface area contributed by atoms with Crippen LogP contribution in [0.1, 0.15) is 284 Å². The first-order valence-corrected chi connectivity index (χ1v) is 46.4. The highest BCUT2D eigenvalue weighted by molar-refractivity contribution is 6.01. The lowest BCUT2D eigenvalue weighted by atomic mass is 9.98. The zero-order valence-corrected chi connectivity index (χ0v) is 78.8. The maximum Gasteiger partial charge on any atom is 0.245 e. The molecule has 0 saturated carbocycles. The smallest absolute Gasteiger partial charge is 0.245 e. The topological polar surface area (TPSA) is 627 Å². The minimum Gasteiger partial charge on any atom is -0.368 e. The number of hydrogen-bond donors (Lipinski definition) is 21. The average Bonchev–Trinajstić information content (AvgIpc) is 1.04. The third-order valence-electron chi connectivity index (χ3n) is 21.5. The van der Waals surface area contributed by atoms with Crippen LogP contribution in [0.2, 0.25) is 0 Å². The van der Waals surface area contributed by atoms with Crippen molar-refractivity contribution in [1.29, 1.82) is 0 Å². The summed E-state index contributed by atoms with van der Waals surface area (Å²) in [4.78, 5) is 229. The van der Waals surface area contributed by atoms with Gasteiger partial charge in [0.15, 0.2) is 0 Å². The van der Waals surface area contributed by atoms with Crippen LogP contribution in [0.25, 0.3) is 0 Å². The quantitative estimate of drug-likeness (QED) is 0.0366.